The van der Waals surface area contributed by atoms with Crippen LogP contribution in [0.1, 0.15) is 41.6 Å². The van der Waals surface area contributed by atoms with Crippen LogP contribution in [-0.2, 0) is 6.42 Å². The molecular weight excluding hydrogens is 368 g/mol. The minimum atomic E-state index is -0.202. The maximum atomic E-state index is 12.8. The second-order valence-electron chi connectivity index (χ2n) is 7.61. The van der Waals surface area contributed by atoms with E-state index in [4.69, 9.17) is 0 Å². The summed E-state index contributed by atoms with van der Waals surface area (Å²) in [4.78, 5) is 44.6. The van der Waals surface area contributed by atoms with E-state index in [9.17, 15) is 9.59 Å². The van der Waals surface area contributed by atoms with E-state index in [2.05, 4.69) is 19.9 Å². The van der Waals surface area contributed by atoms with Gasteiger partial charge in [0.15, 0.2) is 0 Å². The van der Waals surface area contributed by atoms with Crippen molar-refractivity contribution in [3.8, 4) is 0 Å². The van der Waals surface area contributed by atoms with Crippen molar-refractivity contribution in [2.45, 2.75) is 32.1 Å². The van der Waals surface area contributed by atoms with Gasteiger partial charge >= 0.3 is 0 Å². The van der Waals surface area contributed by atoms with Gasteiger partial charge in [-0.15, -0.1) is 0 Å². The minimum absolute atomic E-state index is 0.0735. The standard InChI is InChI=1S/C21H22N6O2/c28-20-16-12-22-18(10-17(16)24-13-25-20)27-8-4-5-14-9-15(11-23-19(14)27)21(29)26-6-2-1-3-7-26/h9-13H,1-8H2,(H,24,25,28). The van der Waals surface area contributed by atoms with Crippen LogP contribution in [0.25, 0.3) is 10.9 Å². The number of likely N-dealkylation sites (tertiary alicyclic amines) is 1. The van der Waals surface area contributed by atoms with Crippen LogP contribution in [0.2, 0.25) is 0 Å². The number of fused-ring (bicyclic) bond motifs is 2. The molecule has 0 saturated carbocycles. The number of pyridine rings is 2. The normalized spacial score (nSPS) is 16.7. The molecule has 3 aromatic heterocycles. The number of aryl methyl sites for hydroxylation is 1. The van der Waals surface area contributed by atoms with Gasteiger partial charge < -0.3 is 14.8 Å². The zero-order valence-corrected chi connectivity index (χ0v) is 16.1. The van der Waals surface area contributed by atoms with Crippen molar-refractivity contribution in [3.05, 3.63) is 52.3 Å². The largest absolute Gasteiger partial charge is 0.339 e. The third-order valence-corrected chi connectivity index (χ3v) is 5.70. The fourth-order valence-corrected chi connectivity index (χ4v) is 4.18. The van der Waals surface area contributed by atoms with Gasteiger partial charge in [-0.1, -0.05) is 0 Å². The first kappa shape index (κ1) is 17.8. The van der Waals surface area contributed by atoms with Crippen molar-refractivity contribution in [1.82, 2.24) is 24.8 Å². The number of amides is 1. The lowest BCUT2D eigenvalue weighted by Gasteiger charge is -2.30. The molecular formula is C21H22N6O2. The SMILES string of the molecule is O=C(c1cnc2c(c1)CCCN2c1cc2nc[nH]c(=O)c2cn1)N1CCCCC1. The van der Waals surface area contributed by atoms with Crippen molar-refractivity contribution in [2.24, 2.45) is 0 Å². The molecule has 0 unspecified atom stereocenters. The Kier molecular flexibility index (Phi) is 4.46. The van der Waals surface area contributed by atoms with E-state index in [1.54, 1.807) is 12.4 Å². The average molecular weight is 390 g/mol. The zero-order valence-electron chi connectivity index (χ0n) is 16.1. The molecule has 0 bridgehead atoms. The summed E-state index contributed by atoms with van der Waals surface area (Å²) < 4.78 is 0. The summed E-state index contributed by atoms with van der Waals surface area (Å²) in [5, 5.41) is 0.462. The number of aromatic amines is 1. The molecule has 8 nitrogen and oxygen atoms in total. The van der Waals surface area contributed by atoms with E-state index >= 15 is 0 Å². The maximum Gasteiger partial charge on any atom is 0.260 e. The molecule has 0 spiro atoms. The highest BCUT2D eigenvalue weighted by Gasteiger charge is 2.24. The lowest BCUT2D eigenvalue weighted by Crippen LogP contribution is -2.36. The minimum Gasteiger partial charge on any atom is -0.339 e. The zero-order chi connectivity index (χ0) is 19.8. The van der Waals surface area contributed by atoms with Crippen LogP contribution in [-0.4, -0.2) is 50.4 Å². The molecule has 5 heterocycles. The Bertz CT molecular complexity index is 1140. The molecule has 1 amide bonds. The van der Waals surface area contributed by atoms with Gasteiger partial charge in [0.25, 0.3) is 11.5 Å². The lowest BCUT2D eigenvalue weighted by molar-refractivity contribution is 0.0724. The molecule has 0 radical (unpaired) electrons. The number of aromatic nitrogens is 4. The van der Waals surface area contributed by atoms with Gasteiger partial charge in [0.05, 0.1) is 22.8 Å². The number of piperidine rings is 1. The number of nitrogens with one attached hydrogen (secondary N) is 1. The summed E-state index contributed by atoms with van der Waals surface area (Å²) in [6, 6.07) is 3.80. The number of anilines is 2. The van der Waals surface area contributed by atoms with Crippen LogP contribution in [0.5, 0.6) is 0 Å². The van der Waals surface area contributed by atoms with Crippen LogP contribution < -0.4 is 10.5 Å². The number of rotatable bonds is 2. The molecule has 1 fully saturated rings. The van der Waals surface area contributed by atoms with E-state index in [1.807, 2.05) is 21.9 Å². The van der Waals surface area contributed by atoms with E-state index in [-0.39, 0.29) is 11.5 Å². The number of hydrogen-bond donors (Lipinski definition) is 1. The summed E-state index contributed by atoms with van der Waals surface area (Å²) in [6.45, 7) is 2.44. The molecule has 2 aliphatic rings. The average Bonchev–Trinajstić information content (AvgIpc) is 2.78. The van der Waals surface area contributed by atoms with Gasteiger partial charge in [0.2, 0.25) is 0 Å². The highest BCUT2D eigenvalue weighted by Crippen LogP contribution is 2.32. The highest BCUT2D eigenvalue weighted by atomic mass is 16.2. The monoisotopic (exact) mass is 390 g/mol. The van der Waals surface area contributed by atoms with E-state index in [1.165, 1.54) is 12.7 Å². The van der Waals surface area contributed by atoms with Crippen LogP contribution in [0.4, 0.5) is 11.6 Å². The van der Waals surface area contributed by atoms with Gasteiger partial charge in [0, 0.05) is 38.1 Å². The van der Waals surface area contributed by atoms with Gasteiger partial charge in [-0.3, -0.25) is 9.59 Å². The Morgan fingerprint density at radius 2 is 1.83 bits per heavy atom. The Morgan fingerprint density at radius 1 is 0.966 bits per heavy atom. The number of hydrogen-bond acceptors (Lipinski definition) is 6. The second kappa shape index (κ2) is 7.27. The first-order valence-corrected chi connectivity index (χ1v) is 10.1. The predicted molar refractivity (Wildman–Crippen MR) is 109 cm³/mol. The van der Waals surface area contributed by atoms with Crippen molar-refractivity contribution in [3.63, 3.8) is 0 Å². The molecule has 8 heteroatoms. The summed E-state index contributed by atoms with van der Waals surface area (Å²) in [7, 11) is 0. The first-order valence-electron chi connectivity index (χ1n) is 10.1. The molecule has 2 aliphatic heterocycles. The summed E-state index contributed by atoms with van der Waals surface area (Å²) in [6.07, 6.45) is 9.79. The van der Waals surface area contributed by atoms with Gasteiger partial charge in [-0.25, -0.2) is 15.0 Å². The third kappa shape index (κ3) is 3.24. The quantitative estimate of drug-likeness (QED) is 0.722. The number of carbonyl (C=O) groups is 1. The van der Waals surface area contributed by atoms with Crippen molar-refractivity contribution in [1.29, 1.82) is 0 Å². The molecule has 3 aromatic rings. The topological polar surface area (TPSA) is 95.1 Å². The third-order valence-electron chi connectivity index (χ3n) is 5.70. The van der Waals surface area contributed by atoms with E-state index < -0.39 is 0 Å². The van der Waals surface area contributed by atoms with Crippen molar-refractivity contribution < 1.29 is 4.79 Å². The summed E-state index contributed by atoms with van der Waals surface area (Å²) in [5.41, 5.74) is 2.11. The van der Waals surface area contributed by atoms with Crippen LogP contribution in [0.3, 0.4) is 0 Å². The number of H-pyrrole nitrogens is 1. The molecule has 0 aliphatic carbocycles. The molecule has 5 rings (SSSR count). The van der Waals surface area contributed by atoms with Crippen LogP contribution in [0, 0.1) is 0 Å². The van der Waals surface area contributed by atoms with E-state index in [0.29, 0.717) is 22.3 Å². The molecule has 1 N–H and O–H groups in total. The smallest absolute Gasteiger partial charge is 0.260 e. The second-order valence-corrected chi connectivity index (χ2v) is 7.61. The Labute approximate surface area is 167 Å². The molecule has 0 atom stereocenters. The van der Waals surface area contributed by atoms with Crippen molar-refractivity contribution >= 4 is 28.4 Å². The Hall–Kier alpha value is -3.29. The van der Waals surface area contributed by atoms with Gasteiger partial charge in [-0.2, -0.15) is 0 Å². The molecule has 29 heavy (non-hydrogen) atoms. The summed E-state index contributed by atoms with van der Waals surface area (Å²) >= 11 is 0. The Morgan fingerprint density at radius 3 is 2.69 bits per heavy atom. The maximum absolute atomic E-state index is 12.8. The van der Waals surface area contributed by atoms with E-state index in [0.717, 1.165) is 56.7 Å². The summed E-state index contributed by atoms with van der Waals surface area (Å²) in [5.74, 6) is 1.60. The van der Waals surface area contributed by atoms with Crippen molar-refractivity contribution in [2.75, 3.05) is 24.5 Å². The number of carbonyl (C=O) groups excluding carboxylic acids is 1. The predicted octanol–water partition coefficient (Wildman–Crippen LogP) is 2.42. The Balaban J connectivity index is 1.48. The molecule has 0 aromatic carbocycles. The van der Waals surface area contributed by atoms with Crippen LogP contribution >= 0.6 is 0 Å². The van der Waals surface area contributed by atoms with Gasteiger partial charge in [0.1, 0.15) is 11.6 Å². The molecule has 148 valence electrons. The molecule has 1 saturated heterocycles. The fourth-order valence-electron chi connectivity index (χ4n) is 4.18. The first-order chi connectivity index (χ1) is 14.2. The lowest BCUT2D eigenvalue weighted by atomic mass is 10.0. The number of nitrogens with zero attached hydrogens (tertiary/aromatic N) is 5. The van der Waals surface area contributed by atoms with Crippen LogP contribution in [0.15, 0.2) is 35.6 Å². The van der Waals surface area contributed by atoms with Gasteiger partial charge in [-0.05, 0) is 43.7 Å². The highest BCUT2D eigenvalue weighted by molar-refractivity contribution is 5.94. The fraction of sp³-hybridized carbons (Fsp3) is 0.381.